The summed E-state index contributed by atoms with van der Waals surface area (Å²) in [4.78, 5) is 26.4. The molecule has 0 aliphatic carbocycles. The van der Waals surface area contributed by atoms with Crippen molar-refractivity contribution in [1.29, 1.82) is 0 Å². The number of esters is 1. The summed E-state index contributed by atoms with van der Waals surface area (Å²) in [6, 6.07) is -0.716. The van der Waals surface area contributed by atoms with Gasteiger partial charge in [-0.05, 0) is 89.9 Å². The number of carbonyl (C=O) groups excluding carboxylic acids is 2. The van der Waals surface area contributed by atoms with Crippen LogP contribution in [-0.2, 0) is 14.3 Å². The standard InChI is InChI=1S/C65H119NO5/c1-4-7-10-13-16-19-22-25-28-31-32-34-37-40-43-46-49-52-55-58-65(70)71-61(56-53-50-47-44-41-38-35-30-27-24-21-18-15-12-9-6-3)59-64(69)66-62(60-67)63(68)57-54-51-48-45-42-39-36-33-29-26-23-20-17-14-11-8-5-2/h16,19,25,28,30,32,34-35,38,41,61-63,67-68H,4-15,17-18,20-24,26-27,29,31,33,36-37,39-40,42-60H2,1-3H3,(H,66,69)/b19-16-,28-25-,34-32-,35-30+,41-38+. The number of aliphatic hydroxyl groups excluding tert-OH is 2. The molecule has 0 fully saturated rings. The molecule has 0 rings (SSSR count). The summed E-state index contributed by atoms with van der Waals surface area (Å²) in [6.07, 6.45) is 74.3. The molecule has 0 spiro atoms. The zero-order valence-corrected chi connectivity index (χ0v) is 47.4. The van der Waals surface area contributed by atoms with Gasteiger partial charge in [-0.25, -0.2) is 0 Å². The molecule has 0 radical (unpaired) electrons. The largest absolute Gasteiger partial charge is 0.462 e. The SMILES string of the molecule is CCCCC/C=C\C/C=C\C/C=C\CCCCCCCCC(=O)OC(CCCCC/C=C/C=C/CCCCCCCCC)CC(=O)NC(CO)C(O)CCCCCCCCCCCCCCCCCCC. The number of amides is 1. The summed E-state index contributed by atoms with van der Waals surface area (Å²) in [6.45, 7) is 6.48. The topological polar surface area (TPSA) is 95.9 Å². The van der Waals surface area contributed by atoms with E-state index in [1.165, 1.54) is 180 Å². The Bertz CT molecular complexity index is 1250. The number of unbranched alkanes of at least 4 members (excludes halogenated alkanes) is 35. The van der Waals surface area contributed by atoms with E-state index in [1.54, 1.807) is 0 Å². The average Bonchev–Trinajstić information content (AvgIpc) is 3.36. The quantitative estimate of drug-likeness (QED) is 0.0244. The van der Waals surface area contributed by atoms with Crippen molar-refractivity contribution >= 4 is 11.9 Å². The van der Waals surface area contributed by atoms with Gasteiger partial charge in [0.15, 0.2) is 0 Å². The van der Waals surface area contributed by atoms with Crippen molar-refractivity contribution in [2.45, 2.75) is 334 Å². The lowest BCUT2D eigenvalue weighted by Gasteiger charge is -2.24. The second kappa shape index (κ2) is 58.4. The van der Waals surface area contributed by atoms with E-state index in [2.05, 4.69) is 86.8 Å². The van der Waals surface area contributed by atoms with E-state index in [1.807, 2.05) is 0 Å². The molecule has 0 bridgehead atoms. The summed E-state index contributed by atoms with van der Waals surface area (Å²) in [5, 5.41) is 24.0. The van der Waals surface area contributed by atoms with Gasteiger partial charge in [0.1, 0.15) is 6.10 Å². The highest BCUT2D eigenvalue weighted by molar-refractivity contribution is 5.77. The Morgan fingerprint density at radius 3 is 1.21 bits per heavy atom. The summed E-state index contributed by atoms with van der Waals surface area (Å²) >= 11 is 0. The van der Waals surface area contributed by atoms with Gasteiger partial charge in [0.05, 0.1) is 25.2 Å². The first-order chi connectivity index (χ1) is 35.0. The molecule has 0 aliphatic heterocycles. The van der Waals surface area contributed by atoms with E-state index in [9.17, 15) is 19.8 Å². The predicted octanol–water partition coefficient (Wildman–Crippen LogP) is 19.5. The lowest BCUT2D eigenvalue weighted by molar-refractivity contribution is -0.151. The highest BCUT2D eigenvalue weighted by Gasteiger charge is 2.24. The Morgan fingerprint density at radius 2 is 0.761 bits per heavy atom. The van der Waals surface area contributed by atoms with Crippen molar-refractivity contribution in [2.75, 3.05) is 6.61 Å². The van der Waals surface area contributed by atoms with Gasteiger partial charge in [0, 0.05) is 6.42 Å². The predicted molar refractivity (Wildman–Crippen MR) is 310 cm³/mol. The summed E-state index contributed by atoms with van der Waals surface area (Å²) in [7, 11) is 0. The molecule has 1 amide bonds. The Hall–Kier alpha value is -2.44. The van der Waals surface area contributed by atoms with Crippen molar-refractivity contribution in [2.24, 2.45) is 0 Å². The lowest BCUT2D eigenvalue weighted by Crippen LogP contribution is -2.46. The monoisotopic (exact) mass is 994 g/mol. The molecule has 0 saturated carbocycles. The van der Waals surface area contributed by atoms with E-state index in [-0.39, 0.29) is 24.9 Å². The summed E-state index contributed by atoms with van der Waals surface area (Å²) < 4.78 is 5.96. The molecular formula is C65H119NO5. The number of aliphatic hydroxyl groups is 2. The molecule has 0 saturated heterocycles. The van der Waals surface area contributed by atoms with Crippen LogP contribution in [0.1, 0.15) is 316 Å². The van der Waals surface area contributed by atoms with Crippen LogP contribution in [0.15, 0.2) is 60.8 Å². The zero-order valence-electron chi connectivity index (χ0n) is 47.4. The van der Waals surface area contributed by atoms with Crippen molar-refractivity contribution in [3.8, 4) is 0 Å². The van der Waals surface area contributed by atoms with Crippen LogP contribution in [0.25, 0.3) is 0 Å². The number of carbonyl (C=O) groups is 2. The molecule has 3 atom stereocenters. The third-order valence-electron chi connectivity index (χ3n) is 14.1. The van der Waals surface area contributed by atoms with Gasteiger partial charge in [0.25, 0.3) is 0 Å². The molecule has 0 heterocycles. The number of rotatable bonds is 56. The van der Waals surface area contributed by atoms with Gasteiger partial charge in [-0.2, -0.15) is 0 Å². The average molecular weight is 995 g/mol. The van der Waals surface area contributed by atoms with Crippen LogP contribution in [0.2, 0.25) is 0 Å². The maximum absolute atomic E-state index is 13.3. The summed E-state index contributed by atoms with van der Waals surface area (Å²) in [5.41, 5.74) is 0. The molecule has 0 aliphatic rings. The maximum atomic E-state index is 13.3. The van der Waals surface area contributed by atoms with Crippen molar-refractivity contribution in [3.05, 3.63) is 60.8 Å². The van der Waals surface area contributed by atoms with Crippen molar-refractivity contribution < 1.29 is 24.5 Å². The lowest BCUT2D eigenvalue weighted by atomic mass is 10.0. The van der Waals surface area contributed by atoms with E-state index < -0.39 is 18.2 Å². The van der Waals surface area contributed by atoms with Crippen molar-refractivity contribution in [1.82, 2.24) is 5.32 Å². The van der Waals surface area contributed by atoms with Gasteiger partial charge in [-0.1, -0.05) is 274 Å². The molecule has 0 aromatic carbocycles. The van der Waals surface area contributed by atoms with Crippen molar-refractivity contribution in [3.63, 3.8) is 0 Å². The fourth-order valence-corrected chi connectivity index (χ4v) is 9.37. The molecule has 6 nitrogen and oxygen atoms in total. The van der Waals surface area contributed by atoms with Gasteiger partial charge >= 0.3 is 5.97 Å². The first kappa shape index (κ1) is 68.6. The number of allylic oxidation sites excluding steroid dienone is 10. The normalized spacial score (nSPS) is 13.5. The molecule has 6 heteroatoms. The Kier molecular flexibility index (Phi) is 56.4. The zero-order chi connectivity index (χ0) is 51.6. The number of hydrogen-bond acceptors (Lipinski definition) is 5. The number of ether oxygens (including phenoxy) is 1. The highest BCUT2D eigenvalue weighted by atomic mass is 16.5. The van der Waals surface area contributed by atoms with E-state index in [0.29, 0.717) is 19.3 Å². The van der Waals surface area contributed by atoms with Crippen LogP contribution in [0, 0.1) is 0 Å². The third kappa shape index (κ3) is 53.7. The minimum absolute atomic E-state index is 0.0544. The molecule has 0 aromatic rings. The number of nitrogens with one attached hydrogen (secondary N) is 1. The van der Waals surface area contributed by atoms with Crippen LogP contribution in [0.4, 0.5) is 0 Å². The molecule has 414 valence electrons. The van der Waals surface area contributed by atoms with Gasteiger partial charge in [0.2, 0.25) is 5.91 Å². The van der Waals surface area contributed by atoms with Gasteiger partial charge in [-0.15, -0.1) is 0 Å². The molecule has 3 unspecified atom stereocenters. The van der Waals surface area contributed by atoms with Gasteiger partial charge in [-0.3, -0.25) is 9.59 Å². The third-order valence-corrected chi connectivity index (χ3v) is 14.1. The minimum Gasteiger partial charge on any atom is -0.462 e. The highest BCUT2D eigenvalue weighted by Crippen LogP contribution is 2.18. The maximum Gasteiger partial charge on any atom is 0.306 e. The van der Waals surface area contributed by atoms with Gasteiger partial charge < -0.3 is 20.3 Å². The van der Waals surface area contributed by atoms with Crippen LogP contribution in [0.5, 0.6) is 0 Å². The second-order valence-electron chi connectivity index (χ2n) is 21.1. The van der Waals surface area contributed by atoms with E-state index in [0.717, 1.165) is 89.9 Å². The smallest absolute Gasteiger partial charge is 0.306 e. The minimum atomic E-state index is -0.800. The first-order valence-corrected chi connectivity index (χ1v) is 31.0. The van der Waals surface area contributed by atoms with E-state index in [4.69, 9.17) is 4.74 Å². The molecular weight excluding hydrogens is 875 g/mol. The van der Waals surface area contributed by atoms with E-state index >= 15 is 0 Å². The van der Waals surface area contributed by atoms with Crippen LogP contribution >= 0.6 is 0 Å². The fraction of sp³-hybridized carbons (Fsp3) is 0.815. The fourth-order valence-electron chi connectivity index (χ4n) is 9.37. The Labute approximate surface area is 441 Å². The Morgan fingerprint density at radius 1 is 0.423 bits per heavy atom. The second-order valence-corrected chi connectivity index (χ2v) is 21.1. The van der Waals surface area contributed by atoms with Crippen LogP contribution in [0.3, 0.4) is 0 Å². The first-order valence-electron chi connectivity index (χ1n) is 31.0. The number of hydrogen-bond donors (Lipinski definition) is 3. The Balaban J connectivity index is 4.59. The molecule has 3 N–H and O–H groups in total. The van der Waals surface area contributed by atoms with Crippen LogP contribution < -0.4 is 5.32 Å². The molecule has 0 aromatic heterocycles. The summed E-state index contributed by atoms with van der Waals surface area (Å²) in [5.74, 6) is -0.504. The molecule has 71 heavy (non-hydrogen) atoms. The van der Waals surface area contributed by atoms with Crippen LogP contribution in [-0.4, -0.2) is 46.9 Å².